The molecule has 3 heteroatoms. The fourth-order valence-electron chi connectivity index (χ4n) is 1.44. The smallest absolute Gasteiger partial charge is 0.101 e. The number of hydrogen-bond donors (Lipinski definition) is 1. The summed E-state index contributed by atoms with van der Waals surface area (Å²) in [6.07, 6.45) is 10.2. The summed E-state index contributed by atoms with van der Waals surface area (Å²) in [7, 11) is 0. The summed E-state index contributed by atoms with van der Waals surface area (Å²) in [6, 6.07) is 0. The van der Waals surface area contributed by atoms with E-state index < -0.39 is 0 Å². The van der Waals surface area contributed by atoms with Crippen LogP contribution in [0.15, 0.2) is 35.9 Å². The lowest BCUT2D eigenvalue weighted by Crippen LogP contribution is -2.24. The summed E-state index contributed by atoms with van der Waals surface area (Å²) in [5, 5.41) is 3.14. The standard InChI is InChI=1S/C10H11NS2/c1-10(12)5-3-2-4-8(10)9-11-6-7-13-9/h2-8,12H,1H3. The third-order valence-electron chi connectivity index (χ3n) is 2.20. The molecule has 0 radical (unpaired) electrons. The summed E-state index contributed by atoms with van der Waals surface area (Å²) in [5.74, 6) is 0.306. The third kappa shape index (κ3) is 1.71. The molecule has 1 aromatic rings. The molecular weight excluding hydrogens is 198 g/mol. The van der Waals surface area contributed by atoms with Gasteiger partial charge in [0.1, 0.15) is 5.01 Å². The van der Waals surface area contributed by atoms with Gasteiger partial charge in [0, 0.05) is 22.2 Å². The summed E-state index contributed by atoms with van der Waals surface area (Å²) in [4.78, 5) is 4.32. The van der Waals surface area contributed by atoms with Crippen molar-refractivity contribution < 1.29 is 0 Å². The average Bonchev–Trinajstić information content (AvgIpc) is 2.55. The molecule has 2 atom stereocenters. The SMILES string of the molecule is CC1(S)C=CC=CC1c1nccs1. The van der Waals surface area contributed by atoms with Gasteiger partial charge >= 0.3 is 0 Å². The zero-order valence-corrected chi connectivity index (χ0v) is 9.06. The lowest BCUT2D eigenvalue weighted by Gasteiger charge is -2.28. The molecular formula is C10H11NS2. The van der Waals surface area contributed by atoms with Crippen LogP contribution in [-0.2, 0) is 0 Å². The van der Waals surface area contributed by atoms with Crippen molar-refractivity contribution in [3.8, 4) is 0 Å². The van der Waals surface area contributed by atoms with Crippen LogP contribution in [0.2, 0.25) is 0 Å². The van der Waals surface area contributed by atoms with Crippen molar-refractivity contribution in [1.82, 2.24) is 4.98 Å². The second-order valence-corrected chi connectivity index (χ2v) is 5.21. The number of allylic oxidation sites excluding steroid dienone is 3. The maximum Gasteiger partial charge on any atom is 0.101 e. The Morgan fingerprint density at radius 1 is 1.54 bits per heavy atom. The molecule has 0 amide bonds. The molecule has 0 saturated heterocycles. The first-order chi connectivity index (χ1) is 6.20. The number of rotatable bonds is 1. The van der Waals surface area contributed by atoms with Gasteiger partial charge in [-0.3, -0.25) is 0 Å². The lowest BCUT2D eigenvalue weighted by atomic mass is 9.89. The van der Waals surface area contributed by atoms with E-state index in [1.807, 2.05) is 17.7 Å². The van der Waals surface area contributed by atoms with Crippen molar-refractivity contribution in [2.75, 3.05) is 0 Å². The quantitative estimate of drug-likeness (QED) is 0.701. The highest BCUT2D eigenvalue weighted by Crippen LogP contribution is 2.38. The number of thiazole rings is 1. The Labute approximate surface area is 87.6 Å². The molecule has 0 saturated carbocycles. The van der Waals surface area contributed by atoms with E-state index in [-0.39, 0.29) is 4.75 Å². The monoisotopic (exact) mass is 209 g/mol. The predicted octanol–water partition coefficient (Wildman–Crippen LogP) is 3.04. The Balaban J connectivity index is 2.34. The van der Waals surface area contributed by atoms with Crippen LogP contribution in [0.5, 0.6) is 0 Å². The number of thiol groups is 1. The second-order valence-electron chi connectivity index (χ2n) is 3.32. The molecule has 2 rings (SSSR count). The van der Waals surface area contributed by atoms with E-state index in [0.717, 1.165) is 5.01 Å². The molecule has 2 unspecified atom stereocenters. The minimum absolute atomic E-state index is 0.105. The van der Waals surface area contributed by atoms with E-state index in [0.29, 0.717) is 5.92 Å². The van der Waals surface area contributed by atoms with Gasteiger partial charge in [0.25, 0.3) is 0 Å². The van der Waals surface area contributed by atoms with Crippen molar-refractivity contribution >= 4 is 24.0 Å². The van der Waals surface area contributed by atoms with Crippen LogP contribution in [0, 0.1) is 0 Å². The highest BCUT2D eigenvalue weighted by Gasteiger charge is 2.30. The first-order valence-corrected chi connectivity index (χ1v) is 5.50. The second kappa shape index (κ2) is 3.31. The molecule has 1 aliphatic rings. The zero-order chi connectivity index (χ0) is 9.31. The van der Waals surface area contributed by atoms with E-state index in [4.69, 9.17) is 0 Å². The van der Waals surface area contributed by atoms with E-state index in [9.17, 15) is 0 Å². The summed E-state index contributed by atoms with van der Waals surface area (Å²) in [5.41, 5.74) is 0. The van der Waals surface area contributed by atoms with Crippen molar-refractivity contribution in [2.24, 2.45) is 0 Å². The Morgan fingerprint density at radius 2 is 2.38 bits per heavy atom. The largest absolute Gasteiger partial charge is 0.249 e. The lowest BCUT2D eigenvalue weighted by molar-refractivity contribution is 0.688. The maximum absolute atomic E-state index is 4.63. The van der Waals surface area contributed by atoms with Gasteiger partial charge in [-0.1, -0.05) is 24.3 Å². The summed E-state index contributed by atoms with van der Waals surface area (Å²) >= 11 is 6.31. The third-order valence-corrected chi connectivity index (χ3v) is 3.48. The molecule has 13 heavy (non-hydrogen) atoms. The van der Waals surface area contributed by atoms with Gasteiger partial charge < -0.3 is 0 Å². The highest BCUT2D eigenvalue weighted by atomic mass is 32.1. The van der Waals surface area contributed by atoms with E-state index >= 15 is 0 Å². The predicted molar refractivity (Wildman–Crippen MR) is 60.5 cm³/mol. The van der Waals surface area contributed by atoms with Gasteiger partial charge in [0.2, 0.25) is 0 Å². The molecule has 1 heterocycles. The van der Waals surface area contributed by atoms with E-state index in [2.05, 4.69) is 42.8 Å². The zero-order valence-electron chi connectivity index (χ0n) is 7.34. The van der Waals surface area contributed by atoms with Crippen molar-refractivity contribution in [3.63, 3.8) is 0 Å². The fraction of sp³-hybridized carbons (Fsp3) is 0.300. The van der Waals surface area contributed by atoms with Gasteiger partial charge in [0.05, 0.1) is 0 Å². The van der Waals surface area contributed by atoms with Crippen molar-refractivity contribution in [3.05, 3.63) is 40.9 Å². The summed E-state index contributed by atoms with van der Waals surface area (Å²) < 4.78 is -0.105. The van der Waals surface area contributed by atoms with Gasteiger partial charge in [-0.25, -0.2) is 4.98 Å². The Bertz CT molecular complexity index is 336. The number of hydrogen-bond acceptors (Lipinski definition) is 3. The van der Waals surface area contributed by atoms with Crippen LogP contribution in [-0.4, -0.2) is 9.73 Å². The highest BCUT2D eigenvalue weighted by molar-refractivity contribution is 7.82. The molecule has 0 aromatic carbocycles. The first-order valence-electron chi connectivity index (χ1n) is 4.18. The molecule has 1 aliphatic carbocycles. The Morgan fingerprint density at radius 3 is 3.00 bits per heavy atom. The van der Waals surface area contributed by atoms with Gasteiger partial charge in [-0.05, 0) is 6.92 Å². The molecule has 1 aromatic heterocycles. The van der Waals surface area contributed by atoms with Gasteiger partial charge in [0.15, 0.2) is 0 Å². The van der Waals surface area contributed by atoms with Gasteiger partial charge in [-0.15, -0.1) is 11.3 Å². The minimum atomic E-state index is -0.105. The van der Waals surface area contributed by atoms with E-state index in [1.54, 1.807) is 11.3 Å². The molecule has 0 fully saturated rings. The van der Waals surface area contributed by atoms with E-state index in [1.165, 1.54) is 0 Å². The normalized spacial score (nSPS) is 32.3. The van der Waals surface area contributed by atoms with Crippen LogP contribution < -0.4 is 0 Å². The minimum Gasteiger partial charge on any atom is -0.249 e. The average molecular weight is 209 g/mol. The Hall–Kier alpha value is -0.540. The van der Waals surface area contributed by atoms with Crippen LogP contribution in [0.3, 0.4) is 0 Å². The number of nitrogens with zero attached hydrogens (tertiary/aromatic N) is 1. The molecule has 0 N–H and O–H groups in total. The Kier molecular flexibility index (Phi) is 2.30. The number of aromatic nitrogens is 1. The first kappa shape index (κ1) is 9.03. The van der Waals surface area contributed by atoms with Crippen molar-refractivity contribution in [2.45, 2.75) is 17.6 Å². The van der Waals surface area contributed by atoms with Crippen molar-refractivity contribution in [1.29, 1.82) is 0 Å². The molecule has 68 valence electrons. The van der Waals surface area contributed by atoms with Crippen LogP contribution >= 0.6 is 24.0 Å². The maximum atomic E-state index is 4.63. The topological polar surface area (TPSA) is 12.9 Å². The molecule has 0 spiro atoms. The molecule has 0 bridgehead atoms. The molecule has 1 nitrogen and oxygen atoms in total. The summed E-state index contributed by atoms with van der Waals surface area (Å²) in [6.45, 7) is 2.11. The molecule has 0 aliphatic heterocycles. The van der Waals surface area contributed by atoms with Gasteiger partial charge in [-0.2, -0.15) is 12.6 Å². The fourth-order valence-corrected chi connectivity index (χ4v) is 2.68. The van der Waals surface area contributed by atoms with Crippen LogP contribution in [0.4, 0.5) is 0 Å². The van der Waals surface area contributed by atoms with Crippen LogP contribution in [0.25, 0.3) is 0 Å². The van der Waals surface area contributed by atoms with Crippen LogP contribution in [0.1, 0.15) is 17.8 Å².